The van der Waals surface area contributed by atoms with Gasteiger partial charge in [0, 0.05) is 0 Å². The summed E-state index contributed by atoms with van der Waals surface area (Å²) in [6, 6.07) is 0. The third-order valence-corrected chi connectivity index (χ3v) is 4.58. The summed E-state index contributed by atoms with van der Waals surface area (Å²) in [4.78, 5) is 28.2. The Bertz CT molecular complexity index is 416. The predicted octanol–water partition coefficient (Wildman–Crippen LogP) is 5.20. The summed E-state index contributed by atoms with van der Waals surface area (Å²) >= 11 is 0. The van der Waals surface area contributed by atoms with Gasteiger partial charge in [-0.05, 0) is 12.8 Å². The fourth-order valence-corrected chi connectivity index (χ4v) is 2.93. The number of hydrogen-bond acceptors (Lipinski definition) is 3. The SMILES string of the molecule is CCCCCCCCCCCCCCC=C(COP(=O)(O)O)C(=O)O. The van der Waals surface area contributed by atoms with E-state index < -0.39 is 20.4 Å². The zero-order chi connectivity index (χ0) is 19.0. The molecule has 7 heteroatoms. The van der Waals surface area contributed by atoms with Gasteiger partial charge in [0.25, 0.3) is 0 Å². The Morgan fingerprint density at radius 3 is 1.72 bits per heavy atom. The maximum absolute atomic E-state index is 11.0. The minimum Gasteiger partial charge on any atom is -0.478 e. The molecule has 6 nitrogen and oxygen atoms in total. The molecule has 0 heterocycles. The second-order valence-corrected chi connectivity index (χ2v) is 7.72. The average Bonchev–Trinajstić information content (AvgIpc) is 2.53. The van der Waals surface area contributed by atoms with E-state index in [9.17, 15) is 9.36 Å². The van der Waals surface area contributed by atoms with Crippen LogP contribution in [0.2, 0.25) is 0 Å². The average molecular weight is 378 g/mol. The van der Waals surface area contributed by atoms with E-state index in [1.54, 1.807) is 0 Å². The highest BCUT2D eigenvalue weighted by Crippen LogP contribution is 2.36. The first kappa shape index (κ1) is 24.3. The lowest BCUT2D eigenvalue weighted by Crippen LogP contribution is -2.07. The molecule has 0 saturated heterocycles. The molecule has 0 aromatic heterocycles. The molecule has 3 N–H and O–H groups in total. The molecule has 0 spiro atoms. The molecule has 0 radical (unpaired) electrons. The fourth-order valence-electron chi connectivity index (χ4n) is 2.62. The fraction of sp³-hybridized carbons (Fsp3) is 0.833. The third-order valence-electron chi connectivity index (χ3n) is 4.11. The zero-order valence-electron chi connectivity index (χ0n) is 15.5. The van der Waals surface area contributed by atoms with Crippen molar-refractivity contribution in [3.05, 3.63) is 11.6 Å². The van der Waals surface area contributed by atoms with Crippen LogP contribution in [0.4, 0.5) is 0 Å². The van der Waals surface area contributed by atoms with Gasteiger partial charge in [0.1, 0.15) is 0 Å². The van der Waals surface area contributed by atoms with E-state index in [1.165, 1.54) is 63.9 Å². The van der Waals surface area contributed by atoms with Crippen molar-refractivity contribution in [3.63, 3.8) is 0 Å². The largest absolute Gasteiger partial charge is 0.478 e. The van der Waals surface area contributed by atoms with Crippen molar-refractivity contribution in [3.8, 4) is 0 Å². The Morgan fingerprint density at radius 2 is 1.32 bits per heavy atom. The van der Waals surface area contributed by atoms with Crippen LogP contribution in [0.5, 0.6) is 0 Å². The normalized spacial score (nSPS) is 12.5. The Labute approximate surface area is 151 Å². The van der Waals surface area contributed by atoms with Crippen LogP contribution in [0.15, 0.2) is 11.6 Å². The third kappa shape index (κ3) is 17.9. The number of aliphatic carboxylic acids is 1. The minimum atomic E-state index is -4.64. The Kier molecular flexibility index (Phi) is 15.1. The molecule has 0 aliphatic rings. The van der Waals surface area contributed by atoms with Gasteiger partial charge < -0.3 is 14.9 Å². The summed E-state index contributed by atoms with van der Waals surface area (Å²) in [6.45, 7) is 1.66. The Morgan fingerprint density at radius 1 is 0.880 bits per heavy atom. The zero-order valence-corrected chi connectivity index (χ0v) is 16.4. The molecular formula is C18H35O6P. The molecule has 25 heavy (non-hydrogen) atoms. The van der Waals surface area contributed by atoms with E-state index in [0.717, 1.165) is 19.3 Å². The van der Waals surface area contributed by atoms with Crippen molar-refractivity contribution >= 4 is 13.8 Å². The molecule has 0 atom stereocenters. The minimum absolute atomic E-state index is 0.105. The van der Waals surface area contributed by atoms with E-state index in [2.05, 4.69) is 11.4 Å². The maximum atomic E-state index is 11.0. The van der Waals surface area contributed by atoms with Crippen LogP contribution in [-0.2, 0) is 13.9 Å². The maximum Gasteiger partial charge on any atom is 0.469 e. The molecule has 0 saturated carbocycles. The summed E-state index contributed by atoms with van der Waals surface area (Å²) in [5.41, 5.74) is -0.105. The second-order valence-electron chi connectivity index (χ2n) is 6.48. The van der Waals surface area contributed by atoms with E-state index >= 15 is 0 Å². The van der Waals surface area contributed by atoms with Crippen molar-refractivity contribution in [2.45, 2.75) is 90.4 Å². The first-order chi connectivity index (χ1) is 11.9. The highest BCUT2D eigenvalue weighted by molar-refractivity contribution is 7.46. The van der Waals surface area contributed by atoms with Crippen LogP contribution in [0.25, 0.3) is 0 Å². The molecule has 0 aliphatic carbocycles. The van der Waals surface area contributed by atoms with Gasteiger partial charge in [0.15, 0.2) is 0 Å². The standard InChI is InChI=1S/C18H35O6P/c1-2-3-4-5-6-7-8-9-10-11-12-13-14-15-17(18(19)20)16-24-25(21,22)23/h15H,2-14,16H2,1H3,(H,19,20)(H2,21,22,23). The summed E-state index contributed by atoms with van der Waals surface area (Å²) in [5, 5.41) is 8.96. The molecule has 0 amide bonds. The summed E-state index contributed by atoms with van der Waals surface area (Å²) < 4.78 is 14.8. The van der Waals surface area contributed by atoms with Crippen molar-refractivity contribution in [1.82, 2.24) is 0 Å². The van der Waals surface area contributed by atoms with E-state index in [-0.39, 0.29) is 5.57 Å². The molecule has 0 aromatic carbocycles. The van der Waals surface area contributed by atoms with Crippen molar-refractivity contribution < 1.29 is 28.8 Å². The lowest BCUT2D eigenvalue weighted by molar-refractivity contribution is -0.133. The lowest BCUT2D eigenvalue weighted by Gasteiger charge is -2.06. The van der Waals surface area contributed by atoms with Crippen LogP contribution in [-0.4, -0.2) is 27.5 Å². The highest BCUT2D eigenvalue weighted by atomic mass is 31.2. The lowest BCUT2D eigenvalue weighted by atomic mass is 10.0. The molecule has 0 aliphatic heterocycles. The van der Waals surface area contributed by atoms with Crippen molar-refractivity contribution in [2.24, 2.45) is 0 Å². The van der Waals surface area contributed by atoms with Crippen LogP contribution in [0.1, 0.15) is 90.4 Å². The molecule has 0 rings (SSSR count). The van der Waals surface area contributed by atoms with Crippen LogP contribution in [0, 0.1) is 0 Å². The summed E-state index contributed by atoms with van der Waals surface area (Å²) in [6.07, 6.45) is 17.0. The van der Waals surface area contributed by atoms with Crippen molar-refractivity contribution in [1.29, 1.82) is 0 Å². The first-order valence-corrected chi connectivity index (χ1v) is 11.0. The van der Waals surface area contributed by atoms with E-state index in [0.29, 0.717) is 6.42 Å². The number of phosphoric acid groups is 1. The van der Waals surface area contributed by atoms with Crippen LogP contribution < -0.4 is 0 Å². The molecule has 0 fully saturated rings. The van der Waals surface area contributed by atoms with Gasteiger partial charge in [-0.2, -0.15) is 0 Å². The number of phosphoric ester groups is 1. The van der Waals surface area contributed by atoms with Crippen molar-refractivity contribution in [2.75, 3.05) is 6.61 Å². The topological polar surface area (TPSA) is 104 Å². The Hall–Kier alpha value is -0.680. The van der Waals surface area contributed by atoms with Gasteiger partial charge in [-0.25, -0.2) is 9.36 Å². The smallest absolute Gasteiger partial charge is 0.469 e. The molecule has 0 bridgehead atoms. The number of carboxylic acid groups (broad SMARTS) is 1. The van der Waals surface area contributed by atoms with Gasteiger partial charge in [-0.3, -0.25) is 4.52 Å². The first-order valence-electron chi connectivity index (χ1n) is 9.49. The number of unbranched alkanes of at least 4 members (excludes halogenated alkanes) is 12. The number of carbonyl (C=O) groups is 1. The second kappa shape index (κ2) is 15.6. The monoisotopic (exact) mass is 378 g/mol. The van der Waals surface area contributed by atoms with Gasteiger partial charge in [0.05, 0.1) is 12.2 Å². The quantitative estimate of drug-likeness (QED) is 0.183. The van der Waals surface area contributed by atoms with Crippen LogP contribution in [0.3, 0.4) is 0 Å². The van der Waals surface area contributed by atoms with Gasteiger partial charge in [0.2, 0.25) is 0 Å². The predicted molar refractivity (Wildman–Crippen MR) is 99.4 cm³/mol. The van der Waals surface area contributed by atoms with Gasteiger partial charge in [-0.1, -0.05) is 83.6 Å². The van der Waals surface area contributed by atoms with Gasteiger partial charge >= 0.3 is 13.8 Å². The Balaban J connectivity index is 3.59. The number of carboxylic acids is 1. The highest BCUT2D eigenvalue weighted by Gasteiger charge is 2.17. The van der Waals surface area contributed by atoms with Gasteiger partial charge in [-0.15, -0.1) is 0 Å². The molecule has 148 valence electrons. The summed E-state index contributed by atoms with van der Waals surface area (Å²) in [7, 11) is -4.64. The number of rotatable bonds is 17. The summed E-state index contributed by atoms with van der Waals surface area (Å²) in [5.74, 6) is -1.20. The molecular weight excluding hydrogens is 343 g/mol. The van der Waals surface area contributed by atoms with Crippen LogP contribution >= 0.6 is 7.82 Å². The molecule has 0 unspecified atom stereocenters. The number of allylic oxidation sites excluding steroid dienone is 1. The number of hydrogen-bond donors (Lipinski definition) is 3. The van der Waals surface area contributed by atoms with E-state index in [4.69, 9.17) is 14.9 Å². The molecule has 0 aromatic rings. The van der Waals surface area contributed by atoms with E-state index in [1.807, 2.05) is 0 Å².